The molecule has 7 nitrogen and oxygen atoms in total. The van der Waals surface area contributed by atoms with Crippen LogP contribution in [0, 0.1) is 0 Å². The van der Waals surface area contributed by atoms with Crippen LogP contribution in [0.2, 0.25) is 0 Å². The smallest absolute Gasteiger partial charge is 0.205 e. The minimum atomic E-state index is 0.269. The van der Waals surface area contributed by atoms with Crippen LogP contribution in [0.3, 0.4) is 0 Å². The Hall–Kier alpha value is -3.74. The topological polar surface area (TPSA) is 106 Å². The van der Waals surface area contributed by atoms with E-state index in [0.717, 1.165) is 45.3 Å². The normalized spacial score (nSPS) is 11.8. The number of anilines is 2. The molecule has 7 heteroatoms. The summed E-state index contributed by atoms with van der Waals surface area (Å²) in [5, 5.41) is 19.9. The maximum absolute atomic E-state index is 10.0. The number of phenolic OH excluding ortho intramolecular Hbond substituents is 1. The van der Waals surface area contributed by atoms with Crippen molar-refractivity contribution in [1.82, 2.24) is 4.98 Å². The van der Waals surface area contributed by atoms with Crippen molar-refractivity contribution in [3.8, 4) is 5.75 Å². The Kier molecular flexibility index (Phi) is 5.20. The van der Waals surface area contributed by atoms with Crippen LogP contribution in [0.1, 0.15) is 18.6 Å². The van der Waals surface area contributed by atoms with Gasteiger partial charge in [-0.25, -0.2) is 0 Å². The maximum Gasteiger partial charge on any atom is 0.205 e. The predicted octanol–water partition coefficient (Wildman–Crippen LogP) is 4.67. The summed E-state index contributed by atoms with van der Waals surface area (Å²) in [6.45, 7) is 0. The Morgan fingerprint density at radius 3 is 2.97 bits per heavy atom. The fourth-order valence-corrected chi connectivity index (χ4v) is 3.42. The summed E-state index contributed by atoms with van der Waals surface area (Å²) in [5.41, 5.74) is 2.54. The summed E-state index contributed by atoms with van der Waals surface area (Å²) in [5.74, 6) is 6.92. The second-order valence-electron chi connectivity index (χ2n) is 6.69. The van der Waals surface area contributed by atoms with Crippen LogP contribution in [0.5, 0.6) is 5.75 Å². The quantitative estimate of drug-likeness (QED) is 0.191. The lowest BCUT2D eigenvalue weighted by atomic mass is 10.1. The number of aromatic hydroxyl groups is 1. The molecule has 4 aromatic rings. The molecule has 0 saturated carbocycles. The lowest BCUT2D eigenvalue weighted by Crippen LogP contribution is -2.05. The Morgan fingerprint density at radius 2 is 2.14 bits per heavy atom. The van der Waals surface area contributed by atoms with E-state index in [-0.39, 0.29) is 5.75 Å². The molecule has 4 rings (SSSR count). The molecule has 0 aliphatic rings. The molecular weight excluding hydrogens is 368 g/mol. The average Bonchev–Trinajstić information content (AvgIpc) is 3.09. The van der Waals surface area contributed by atoms with Crippen LogP contribution in [-0.4, -0.2) is 23.1 Å². The van der Waals surface area contributed by atoms with Crippen molar-refractivity contribution in [2.75, 3.05) is 12.4 Å². The highest BCUT2D eigenvalue weighted by Gasteiger charge is 2.15. The highest BCUT2D eigenvalue weighted by atomic mass is 16.5. The Balaban J connectivity index is 1.65. The molecule has 0 bridgehead atoms. The van der Waals surface area contributed by atoms with Crippen molar-refractivity contribution in [3.05, 3.63) is 60.6 Å². The fraction of sp³-hybridized carbons (Fsp3) is 0.182. The minimum Gasteiger partial charge on any atom is -0.507 e. The molecule has 4 N–H and O–H groups in total. The average molecular weight is 390 g/mol. The molecule has 0 aliphatic carbocycles. The van der Waals surface area contributed by atoms with Crippen molar-refractivity contribution in [2.45, 2.75) is 19.3 Å². The molecule has 29 heavy (non-hydrogen) atoms. The summed E-state index contributed by atoms with van der Waals surface area (Å²) in [6.07, 6.45) is 5.54. The number of hydrogen-bond acceptors (Lipinski definition) is 7. The first-order valence-corrected chi connectivity index (χ1v) is 9.34. The van der Waals surface area contributed by atoms with Crippen LogP contribution in [0.15, 0.2) is 64.4 Å². The zero-order valence-electron chi connectivity index (χ0n) is 16.1. The van der Waals surface area contributed by atoms with Gasteiger partial charge in [-0.05, 0) is 42.1 Å². The molecule has 2 heterocycles. The van der Waals surface area contributed by atoms with E-state index >= 15 is 0 Å². The zero-order valence-corrected chi connectivity index (χ0v) is 16.1. The van der Waals surface area contributed by atoms with Gasteiger partial charge in [0.2, 0.25) is 5.90 Å². The molecule has 0 saturated heterocycles. The van der Waals surface area contributed by atoms with Crippen LogP contribution >= 0.6 is 0 Å². The van der Waals surface area contributed by atoms with Crippen LogP contribution in [0.25, 0.3) is 21.7 Å². The zero-order chi connectivity index (χ0) is 20.2. The molecule has 148 valence electrons. The van der Waals surface area contributed by atoms with Gasteiger partial charge in [-0.1, -0.05) is 12.1 Å². The predicted molar refractivity (Wildman–Crippen MR) is 114 cm³/mol. The van der Waals surface area contributed by atoms with Gasteiger partial charge in [-0.3, -0.25) is 4.98 Å². The number of fused-ring (bicyclic) bond motifs is 2. The number of nitrogens with one attached hydrogen (secondary N) is 1. The summed E-state index contributed by atoms with van der Waals surface area (Å²) in [6, 6.07) is 13.3. The Bertz CT molecular complexity index is 1180. The molecule has 0 aliphatic heterocycles. The summed E-state index contributed by atoms with van der Waals surface area (Å²) >= 11 is 0. The van der Waals surface area contributed by atoms with Crippen molar-refractivity contribution < 1.29 is 14.3 Å². The second-order valence-corrected chi connectivity index (χ2v) is 6.69. The minimum absolute atomic E-state index is 0.269. The SMILES string of the molecule is CO/C(CCCc1oc2cnccc2c1Nc1ccc2c(O)cccc2c1)=N\N. The highest BCUT2D eigenvalue weighted by Crippen LogP contribution is 2.35. The summed E-state index contributed by atoms with van der Waals surface area (Å²) < 4.78 is 11.2. The largest absolute Gasteiger partial charge is 0.507 e. The number of ether oxygens (including phenoxy) is 1. The van der Waals surface area contributed by atoms with Crippen LogP contribution < -0.4 is 11.2 Å². The number of methoxy groups -OCH3 is 1. The lowest BCUT2D eigenvalue weighted by Gasteiger charge is -2.09. The van der Waals surface area contributed by atoms with E-state index in [1.54, 1.807) is 25.6 Å². The third-order valence-corrected chi connectivity index (χ3v) is 4.87. The number of furan rings is 1. The van der Waals surface area contributed by atoms with Gasteiger partial charge in [0.1, 0.15) is 11.5 Å². The van der Waals surface area contributed by atoms with Gasteiger partial charge in [0.15, 0.2) is 5.58 Å². The fourth-order valence-electron chi connectivity index (χ4n) is 3.42. The first-order chi connectivity index (χ1) is 14.2. The number of hydrogen-bond donors (Lipinski definition) is 3. The Morgan fingerprint density at radius 1 is 1.24 bits per heavy atom. The molecule has 0 atom stereocenters. The van der Waals surface area contributed by atoms with Gasteiger partial charge < -0.3 is 25.4 Å². The van der Waals surface area contributed by atoms with Crippen molar-refractivity contribution >= 4 is 39.0 Å². The number of benzene rings is 2. The van der Waals surface area contributed by atoms with E-state index in [2.05, 4.69) is 15.4 Å². The standard InChI is InChI=1S/C22H22N4O3/c1-28-21(26-23)7-3-6-19-22(17-10-11-24-13-20(17)29-19)25-15-8-9-16-14(12-15)4-2-5-18(16)27/h2,4-5,8-13,25,27H,3,6-7,23H2,1H3/b26-21-. The number of aromatic nitrogens is 1. The molecule has 0 fully saturated rings. The van der Waals surface area contributed by atoms with Gasteiger partial charge in [0, 0.05) is 35.5 Å². The lowest BCUT2D eigenvalue weighted by molar-refractivity contribution is 0.385. The summed E-state index contributed by atoms with van der Waals surface area (Å²) in [4.78, 5) is 4.16. The summed E-state index contributed by atoms with van der Waals surface area (Å²) in [7, 11) is 1.56. The molecule has 2 aromatic carbocycles. The first kappa shape index (κ1) is 18.6. The van der Waals surface area contributed by atoms with E-state index in [9.17, 15) is 5.11 Å². The molecule has 0 spiro atoms. The van der Waals surface area contributed by atoms with Gasteiger partial charge in [0.05, 0.1) is 19.0 Å². The van der Waals surface area contributed by atoms with Crippen molar-refractivity contribution in [2.24, 2.45) is 10.9 Å². The Labute approximate surface area is 167 Å². The third kappa shape index (κ3) is 3.80. The van der Waals surface area contributed by atoms with E-state index in [4.69, 9.17) is 15.0 Å². The number of phenols is 1. The number of rotatable bonds is 6. The van der Waals surface area contributed by atoms with E-state index in [1.807, 2.05) is 36.4 Å². The monoisotopic (exact) mass is 390 g/mol. The number of aryl methyl sites for hydroxylation is 1. The number of nitrogens with zero attached hydrogens (tertiary/aromatic N) is 2. The van der Waals surface area contributed by atoms with Gasteiger partial charge >= 0.3 is 0 Å². The van der Waals surface area contributed by atoms with Gasteiger partial charge in [-0.15, -0.1) is 5.10 Å². The van der Waals surface area contributed by atoms with E-state index in [1.165, 1.54) is 0 Å². The maximum atomic E-state index is 10.0. The van der Waals surface area contributed by atoms with Crippen molar-refractivity contribution in [3.63, 3.8) is 0 Å². The van der Waals surface area contributed by atoms with Gasteiger partial charge in [-0.2, -0.15) is 0 Å². The molecule has 0 amide bonds. The van der Waals surface area contributed by atoms with E-state index < -0.39 is 0 Å². The molecular formula is C22H22N4O3. The van der Waals surface area contributed by atoms with Gasteiger partial charge in [0.25, 0.3) is 0 Å². The molecule has 2 aromatic heterocycles. The van der Waals surface area contributed by atoms with Crippen LogP contribution in [-0.2, 0) is 11.2 Å². The molecule has 0 unspecified atom stereocenters. The van der Waals surface area contributed by atoms with Crippen LogP contribution in [0.4, 0.5) is 11.4 Å². The second kappa shape index (κ2) is 8.10. The van der Waals surface area contributed by atoms with Crippen molar-refractivity contribution in [1.29, 1.82) is 0 Å². The number of nitrogens with two attached hydrogens (primary N) is 1. The number of pyridine rings is 1. The van der Waals surface area contributed by atoms with E-state index in [0.29, 0.717) is 18.7 Å². The number of hydrazone groups is 1. The first-order valence-electron chi connectivity index (χ1n) is 9.34. The highest BCUT2D eigenvalue weighted by molar-refractivity contribution is 5.96. The molecule has 0 radical (unpaired) electrons. The third-order valence-electron chi connectivity index (χ3n) is 4.87.